The second-order valence-electron chi connectivity index (χ2n) is 4.34. The quantitative estimate of drug-likeness (QED) is 0.677. The van der Waals surface area contributed by atoms with E-state index < -0.39 is 0 Å². The van der Waals surface area contributed by atoms with Gasteiger partial charge in [0, 0.05) is 5.41 Å². The van der Waals surface area contributed by atoms with Gasteiger partial charge in [0.25, 0.3) is 0 Å². The largest absolute Gasteiger partial charge is 0.303 e. The van der Waals surface area contributed by atoms with Gasteiger partial charge in [-0.05, 0) is 30.8 Å². The molecule has 0 amide bonds. The molecular formula is C11H18OS2. The van der Waals surface area contributed by atoms with Gasteiger partial charge >= 0.3 is 0 Å². The van der Waals surface area contributed by atoms with Crippen molar-refractivity contribution in [2.75, 3.05) is 11.5 Å². The summed E-state index contributed by atoms with van der Waals surface area (Å²) in [6.45, 7) is 0. The molecule has 1 aliphatic heterocycles. The zero-order valence-electron chi connectivity index (χ0n) is 8.54. The van der Waals surface area contributed by atoms with Crippen molar-refractivity contribution in [3.8, 4) is 0 Å². The fourth-order valence-corrected chi connectivity index (χ4v) is 5.88. The molecule has 0 radical (unpaired) electrons. The highest BCUT2D eigenvalue weighted by Gasteiger charge is 2.41. The van der Waals surface area contributed by atoms with E-state index in [4.69, 9.17) is 0 Å². The van der Waals surface area contributed by atoms with Gasteiger partial charge in [-0.25, -0.2) is 0 Å². The van der Waals surface area contributed by atoms with Crippen LogP contribution in [-0.2, 0) is 4.79 Å². The van der Waals surface area contributed by atoms with Crippen molar-refractivity contribution >= 4 is 29.8 Å². The molecule has 1 aliphatic carbocycles. The fraction of sp³-hybridized carbons (Fsp3) is 0.909. The van der Waals surface area contributed by atoms with E-state index >= 15 is 0 Å². The number of hydrogen-bond donors (Lipinski definition) is 0. The van der Waals surface area contributed by atoms with Crippen LogP contribution in [0.5, 0.6) is 0 Å². The summed E-state index contributed by atoms with van der Waals surface area (Å²) >= 11 is 4.05. The summed E-state index contributed by atoms with van der Waals surface area (Å²) in [5.74, 6) is 2.51. The van der Waals surface area contributed by atoms with Crippen LogP contribution >= 0.6 is 23.5 Å². The first-order valence-corrected chi connectivity index (χ1v) is 7.67. The molecule has 2 rings (SSSR count). The number of carbonyl (C=O) groups is 1. The molecule has 3 heteroatoms. The van der Waals surface area contributed by atoms with Gasteiger partial charge in [-0.2, -0.15) is 0 Å². The van der Waals surface area contributed by atoms with Gasteiger partial charge in [-0.3, -0.25) is 0 Å². The average molecular weight is 230 g/mol. The topological polar surface area (TPSA) is 17.1 Å². The Morgan fingerprint density at radius 3 is 2.21 bits per heavy atom. The number of aldehydes is 1. The second-order valence-corrected chi connectivity index (χ2v) is 7.06. The lowest BCUT2D eigenvalue weighted by molar-refractivity contribution is -0.116. The second kappa shape index (κ2) is 4.93. The third-order valence-corrected chi connectivity index (χ3v) is 6.73. The molecule has 0 N–H and O–H groups in total. The van der Waals surface area contributed by atoms with Crippen molar-refractivity contribution in [1.29, 1.82) is 0 Å². The molecule has 2 aliphatic rings. The van der Waals surface area contributed by atoms with Crippen molar-refractivity contribution in [3.63, 3.8) is 0 Å². The predicted octanol–water partition coefficient (Wildman–Crippen LogP) is 3.33. The Kier molecular flexibility index (Phi) is 3.83. The van der Waals surface area contributed by atoms with E-state index in [1.807, 2.05) is 23.5 Å². The highest BCUT2D eigenvalue weighted by atomic mass is 32.2. The molecule has 0 atom stereocenters. The Labute approximate surface area is 94.8 Å². The molecule has 80 valence electrons. The highest BCUT2D eigenvalue weighted by Crippen LogP contribution is 2.49. The molecule has 0 spiro atoms. The van der Waals surface area contributed by atoms with Gasteiger partial charge in [-0.15, -0.1) is 23.5 Å². The first-order valence-electron chi connectivity index (χ1n) is 5.57. The van der Waals surface area contributed by atoms with Crippen LogP contribution in [0.15, 0.2) is 0 Å². The van der Waals surface area contributed by atoms with Crippen LogP contribution < -0.4 is 0 Å². The Balaban J connectivity index is 2.04. The Morgan fingerprint density at radius 1 is 1.00 bits per heavy atom. The third-order valence-electron chi connectivity index (χ3n) is 3.32. The minimum Gasteiger partial charge on any atom is -0.303 e. The normalized spacial score (nSPS) is 28.6. The molecule has 1 saturated carbocycles. The molecule has 1 nitrogen and oxygen atoms in total. The third kappa shape index (κ3) is 2.13. The zero-order chi connectivity index (χ0) is 9.86. The standard InChI is InChI=1S/C11H18OS2/c12-9-11(5-2-1-3-6-11)10-13-7-4-8-14-10/h9-10H,1-8H2. The number of rotatable bonds is 2. The molecule has 0 aromatic carbocycles. The van der Waals surface area contributed by atoms with Crippen LogP contribution in [0.1, 0.15) is 38.5 Å². The van der Waals surface area contributed by atoms with Crippen LogP contribution in [-0.4, -0.2) is 22.4 Å². The van der Waals surface area contributed by atoms with Crippen molar-refractivity contribution in [1.82, 2.24) is 0 Å². The van der Waals surface area contributed by atoms with Crippen molar-refractivity contribution in [2.45, 2.75) is 43.1 Å². The average Bonchev–Trinajstić information content (AvgIpc) is 2.31. The number of carbonyl (C=O) groups excluding carboxylic acids is 1. The van der Waals surface area contributed by atoms with Gasteiger partial charge in [0.2, 0.25) is 0 Å². The van der Waals surface area contributed by atoms with E-state index in [0.717, 1.165) is 12.8 Å². The maximum Gasteiger partial charge on any atom is 0.128 e. The number of thioether (sulfide) groups is 2. The summed E-state index contributed by atoms with van der Waals surface area (Å²) in [6, 6.07) is 0. The minimum absolute atomic E-state index is 0.0357. The highest BCUT2D eigenvalue weighted by molar-refractivity contribution is 8.17. The maximum atomic E-state index is 11.4. The lowest BCUT2D eigenvalue weighted by Gasteiger charge is -2.40. The summed E-state index contributed by atoms with van der Waals surface area (Å²) < 4.78 is 0.564. The predicted molar refractivity (Wildman–Crippen MR) is 64.9 cm³/mol. The minimum atomic E-state index is 0.0357. The van der Waals surface area contributed by atoms with E-state index in [2.05, 4.69) is 0 Å². The lowest BCUT2D eigenvalue weighted by atomic mass is 9.76. The molecule has 0 bridgehead atoms. The zero-order valence-corrected chi connectivity index (χ0v) is 10.2. The van der Waals surface area contributed by atoms with E-state index in [9.17, 15) is 4.79 Å². The van der Waals surface area contributed by atoms with E-state index in [1.54, 1.807) is 0 Å². The smallest absolute Gasteiger partial charge is 0.128 e. The first-order chi connectivity index (χ1) is 6.87. The Bertz CT molecular complexity index is 193. The molecule has 0 unspecified atom stereocenters. The van der Waals surface area contributed by atoms with Gasteiger partial charge < -0.3 is 4.79 Å². The summed E-state index contributed by atoms with van der Waals surface area (Å²) in [5, 5.41) is 0. The van der Waals surface area contributed by atoms with Crippen LogP contribution in [0.2, 0.25) is 0 Å². The Hall–Kier alpha value is 0.370. The summed E-state index contributed by atoms with van der Waals surface area (Å²) in [6.07, 6.45) is 8.73. The summed E-state index contributed by atoms with van der Waals surface area (Å²) in [5.41, 5.74) is 0.0357. The summed E-state index contributed by atoms with van der Waals surface area (Å²) in [4.78, 5) is 11.4. The van der Waals surface area contributed by atoms with Crippen LogP contribution in [0.25, 0.3) is 0 Å². The lowest BCUT2D eigenvalue weighted by Crippen LogP contribution is -2.36. The van der Waals surface area contributed by atoms with Crippen molar-refractivity contribution in [3.05, 3.63) is 0 Å². The Morgan fingerprint density at radius 2 is 1.64 bits per heavy atom. The first kappa shape index (κ1) is 10.9. The molecule has 0 aromatic heterocycles. The molecular weight excluding hydrogens is 212 g/mol. The monoisotopic (exact) mass is 230 g/mol. The molecule has 0 aromatic rings. The van der Waals surface area contributed by atoms with Gasteiger partial charge in [-0.1, -0.05) is 19.3 Å². The van der Waals surface area contributed by atoms with Crippen molar-refractivity contribution < 1.29 is 4.79 Å². The van der Waals surface area contributed by atoms with Gasteiger partial charge in [0.1, 0.15) is 6.29 Å². The van der Waals surface area contributed by atoms with Crippen LogP contribution in [0, 0.1) is 5.41 Å². The van der Waals surface area contributed by atoms with Gasteiger partial charge in [0.15, 0.2) is 0 Å². The van der Waals surface area contributed by atoms with Gasteiger partial charge in [0.05, 0.1) is 4.58 Å². The van der Waals surface area contributed by atoms with E-state index in [-0.39, 0.29) is 5.41 Å². The maximum absolute atomic E-state index is 11.4. The van der Waals surface area contributed by atoms with Crippen LogP contribution in [0.3, 0.4) is 0 Å². The molecule has 2 fully saturated rings. The summed E-state index contributed by atoms with van der Waals surface area (Å²) in [7, 11) is 0. The van der Waals surface area contributed by atoms with Crippen molar-refractivity contribution in [2.24, 2.45) is 5.41 Å². The van der Waals surface area contributed by atoms with E-state index in [0.29, 0.717) is 4.58 Å². The number of hydrogen-bond acceptors (Lipinski definition) is 3. The van der Waals surface area contributed by atoms with E-state index in [1.165, 1.54) is 43.5 Å². The fourth-order valence-electron chi connectivity index (χ4n) is 2.44. The SMILES string of the molecule is O=CC1(C2SCCCS2)CCCCC1. The molecule has 14 heavy (non-hydrogen) atoms. The molecule has 1 heterocycles. The van der Waals surface area contributed by atoms with Crippen LogP contribution in [0.4, 0.5) is 0 Å². The molecule has 1 saturated heterocycles.